The topological polar surface area (TPSA) is 50.4 Å². The molecular formula is C22H28N2O2S. The predicted octanol–water partition coefficient (Wildman–Crippen LogP) is 4.80. The van der Waals surface area contributed by atoms with Crippen molar-refractivity contribution in [1.29, 1.82) is 0 Å². The van der Waals surface area contributed by atoms with Gasteiger partial charge in [-0.1, -0.05) is 43.3 Å². The van der Waals surface area contributed by atoms with Gasteiger partial charge in [-0.05, 0) is 49.1 Å². The highest BCUT2D eigenvalue weighted by Gasteiger charge is 2.00. The highest BCUT2D eigenvalue weighted by Crippen LogP contribution is 2.16. The van der Waals surface area contributed by atoms with E-state index >= 15 is 0 Å². The molecule has 0 aromatic heterocycles. The standard InChI is InChI=1S/C22H28N2O2S/c1-18(8-4-3-7-15-23-22(25)17-27)24-20-13-11-19(12-14-20)16-26-21-9-5-2-6-10-21/h2,5-6,9-14,24,27H,1,3-4,7-8,15-17H2,(H,23,25). The van der Waals surface area contributed by atoms with Crippen LogP contribution in [0.15, 0.2) is 66.9 Å². The van der Waals surface area contributed by atoms with Crippen molar-refractivity contribution < 1.29 is 9.53 Å². The fourth-order valence-electron chi connectivity index (χ4n) is 2.56. The number of nitrogens with one attached hydrogen (secondary N) is 2. The Bertz CT molecular complexity index is 702. The maximum absolute atomic E-state index is 11.1. The summed E-state index contributed by atoms with van der Waals surface area (Å²) in [5.41, 5.74) is 3.16. The Morgan fingerprint density at radius 3 is 2.44 bits per heavy atom. The third kappa shape index (κ3) is 8.69. The van der Waals surface area contributed by atoms with Crippen LogP contribution < -0.4 is 15.4 Å². The van der Waals surface area contributed by atoms with Gasteiger partial charge in [0.15, 0.2) is 0 Å². The van der Waals surface area contributed by atoms with E-state index in [2.05, 4.69) is 42.0 Å². The smallest absolute Gasteiger partial charge is 0.229 e. The molecule has 2 aromatic carbocycles. The minimum absolute atomic E-state index is 0.0120. The van der Waals surface area contributed by atoms with Gasteiger partial charge in [0, 0.05) is 17.9 Å². The average Bonchev–Trinajstić information content (AvgIpc) is 2.70. The summed E-state index contributed by atoms with van der Waals surface area (Å²) in [6.07, 6.45) is 4.00. The number of unbranched alkanes of at least 4 members (excludes halogenated alkanes) is 2. The fourth-order valence-corrected chi connectivity index (χ4v) is 2.67. The molecule has 0 atom stereocenters. The zero-order valence-corrected chi connectivity index (χ0v) is 16.5. The first-order chi connectivity index (χ1) is 13.2. The van der Waals surface area contributed by atoms with Crippen LogP contribution in [0.1, 0.15) is 31.2 Å². The van der Waals surface area contributed by atoms with Crippen LogP contribution in [-0.4, -0.2) is 18.2 Å². The van der Waals surface area contributed by atoms with Crippen molar-refractivity contribution >= 4 is 24.2 Å². The lowest BCUT2D eigenvalue weighted by Gasteiger charge is -2.11. The Balaban J connectivity index is 1.62. The van der Waals surface area contributed by atoms with Gasteiger partial charge in [-0.25, -0.2) is 0 Å². The highest BCUT2D eigenvalue weighted by molar-refractivity contribution is 7.81. The summed E-state index contributed by atoms with van der Waals surface area (Å²) in [6, 6.07) is 18.0. The second-order valence-electron chi connectivity index (χ2n) is 6.35. The number of thiol groups is 1. The molecule has 0 heterocycles. The number of allylic oxidation sites excluding steroid dienone is 1. The lowest BCUT2D eigenvalue weighted by molar-refractivity contribution is -0.118. The van der Waals surface area contributed by atoms with Crippen LogP contribution in [0, 0.1) is 0 Å². The second-order valence-corrected chi connectivity index (χ2v) is 6.66. The molecule has 4 nitrogen and oxygen atoms in total. The van der Waals surface area contributed by atoms with Crippen LogP contribution in [0.2, 0.25) is 0 Å². The van der Waals surface area contributed by atoms with Gasteiger partial charge in [-0.15, -0.1) is 0 Å². The Hall–Kier alpha value is -2.40. The molecule has 144 valence electrons. The molecule has 0 saturated heterocycles. The molecule has 0 spiro atoms. The Labute approximate surface area is 167 Å². The van der Waals surface area contributed by atoms with Crippen molar-refractivity contribution in [3.05, 3.63) is 72.4 Å². The van der Waals surface area contributed by atoms with E-state index in [9.17, 15) is 4.79 Å². The van der Waals surface area contributed by atoms with Crippen molar-refractivity contribution in [2.24, 2.45) is 0 Å². The molecule has 0 unspecified atom stereocenters. The maximum Gasteiger partial charge on any atom is 0.229 e. The van der Waals surface area contributed by atoms with Crippen LogP contribution in [0.3, 0.4) is 0 Å². The fraction of sp³-hybridized carbons (Fsp3) is 0.318. The molecule has 1 amide bonds. The first kappa shape index (κ1) is 20.9. The molecule has 5 heteroatoms. The summed E-state index contributed by atoms with van der Waals surface area (Å²) in [5, 5.41) is 6.17. The van der Waals surface area contributed by atoms with Crippen LogP contribution >= 0.6 is 12.6 Å². The molecule has 0 radical (unpaired) electrons. The summed E-state index contributed by atoms with van der Waals surface area (Å²) in [6.45, 7) is 5.36. The lowest BCUT2D eigenvalue weighted by atomic mass is 10.1. The largest absolute Gasteiger partial charge is 0.489 e. The molecule has 0 bridgehead atoms. The van der Waals surface area contributed by atoms with Gasteiger partial charge in [0.25, 0.3) is 0 Å². The molecular weight excluding hydrogens is 356 g/mol. The van der Waals surface area contributed by atoms with Gasteiger partial charge in [-0.3, -0.25) is 4.79 Å². The third-order valence-corrected chi connectivity index (χ3v) is 4.33. The molecule has 0 aliphatic heterocycles. The lowest BCUT2D eigenvalue weighted by Crippen LogP contribution is -2.25. The maximum atomic E-state index is 11.1. The van der Waals surface area contributed by atoms with Crippen LogP contribution in [0.25, 0.3) is 0 Å². The number of hydrogen-bond acceptors (Lipinski definition) is 4. The Kier molecular flexibility index (Phi) is 9.35. The minimum atomic E-state index is -0.0120. The zero-order chi connectivity index (χ0) is 19.3. The highest BCUT2D eigenvalue weighted by atomic mass is 32.1. The summed E-state index contributed by atoms with van der Waals surface area (Å²) >= 11 is 3.93. The minimum Gasteiger partial charge on any atom is -0.489 e. The van der Waals surface area contributed by atoms with Gasteiger partial charge in [0.2, 0.25) is 5.91 Å². The van der Waals surface area contributed by atoms with Gasteiger partial charge < -0.3 is 15.4 Å². The van der Waals surface area contributed by atoms with Crippen LogP contribution in [0.4, 0.5) is 5.69 Å². The summed E-state index contributed by atoms with van der Waals surface area (Å²) < 4.78 is 5.75. The number of hydrogen-bond donors (Lipinski definition) is 3. The number of carbonyl (C=O) groups excluding carboxylic acids is 1. The first-order valence-electron chi connectivity index (χ1n) is 9.26. The van der Waals surface area contributed by atoms with Gasteiger partial charge in [-0.2, -0.15) is 12.6 Å². The van der Waals surface area contributed by atoms with Crippen molar-refractivity contribution in [3.8, 4) is 5.75 Å². The van der Waals surface area contributed by atoms with E-state index in [1.54, 1.807) is 0 Å². The number of ether oxygens (including phenoxy) is 1. The third-order valence-electron chi connectivity index (χ3n) is 4.04. The number of anilines is 1. The van der Waals surface area contributed by atoms with E-state index in [-0.39, 0.29) is 11.7 Å². The number of para-hydroxylation sites is 1. The van der Waals surface area contributed by atoms with E-state index in [0.29, 0.717) is 13.2 Å². The van der Waals surface area contributed by atoms with Crippen molar-refractivity contribution in [3.63, 3.8) is 0 Å². The van der Waals surface area contributed by atoms with E-state index < -0.39 is 0 Å². The average molecular weight is 385 g/mol. The molecule has 0 aliphatic carbocycles. The van der Waals surface area contributed by atoms with Crippen molar-refractivity contribution in [2.45, 2.75) is 32.3 Å². The zero-order valence-electron chi connectivity index (χ0n) is 15.6. The number of amides is 1. The van der Waals surface area contributed by atoms with Gasteiger partial charge in [0.05, 0.1) is 5.75 Å². The quantitative estimate of drug-likeness (QED) is 0.364. The molecule has 0 saturated carbocycles. The SMILES string of the molecule is C=C(CCCCCNC(=O)CS)Nc1ccc(COc2ccccc2)cc1. The summed E-state index contributed by atoms with van der Waals surface area (Å²) in [4.78, 5) is 11.1. The molecule has 0 aliphatic rings. The van der Waals surface area contributed by atoms with E-state index in [1.807, 2.05) is 42.5 Å². The number of carbonyl (C=O) groups is 1. The summed E-state index contributed by atoms with van der Waals surface area (Å²) in [7, 11) is 0. The Morgan fingerprint density at radius 2 is 1.74 bits per heavy atom. The molecule has 27 heavy (non-hydrogen) atoms. The van der Waals surface area contributed by atoms with E-state index in [0.717, 1.165) is 48.4 Å². The molecule has 2 aromatic rings. The first-order valence-corrected chi connectivity index (χ1v) is 9.90. The van der Waals surface area contributed by atoms with E-state index in [4.69, 9.17) is 4.74 Å². The second kappa shape index (κ2) is 12.1. The normalized spacial score (nSPS) is 10.3. The van der Waals surface area contributed by atoms with Gasteiger partial charge in [0.1, 0.15) is 12.4 Å². The molecule has 2 N–H and O–H groups in total. The Morgan fingerprint density at radius 1 is 1.00 bits per heavy atom. The predicted molar refractivity (Wildman–Crippen MR) is 115 cm³/mol. The molecule has 2 rings (SSSR count). The summed E-state index contributed by atoms with van der Waals surface area (Å²) in [5.74, 6) is 1.11. The van der Waals surface area contributed by atoms with Crippen molar-refractivity contribution in [1.82, 2.24) is 5.32 Å². The molecule has 0 fully saturated rings. The monoisotopic (exact) mass is 384 g/mol. The number of rotatable bonds is 12. The van der Waals surface area contributed by atoms with Gasteiger partial charge >= 0.3 is 0 Å². The van der Waals surface area contributed by atoms with Crippen molar-refractivity contribution in [2.75, 3.05) is 17.6 Å². The number of benzene rings is 2. The van der Waals surface area contributed by atoms with Crippen LogP contribution in [-0.2, 0) is 11.4 Å². The van der Waals surface area contributed by atoms with Crippen LogP contribution in [0.5, 0.6) is 5.75 Å². The van der Waals surface area contributed by atoms with E-state index in [1.165, 1.54) is 0 Å².